The van der Waals surface area contributed by atoms with Crippen LogP contribution in [-0.4, -0.2) is 20.1 Å². The monoisotopic (exact) mass is 350 g/mol. The normalized spacial score (nSPS) is 21.7. The second kappa shape index (κ2) is 6.20. The summed E-state index contributed by atoms with van der Waals surface area (Å²) >= 11 is 3.60. The highest BCUT2D eigenvalue weighted by Gasteiger charge is 2.37. The Hall–Kier alpha value is -0.700. The molecule has 0 atom stereocenters. The minimum absolute atomic E-state index is 0.643. The number of halogens is 1. The van der Waals surface area contributed by atoms with Crippen LogP contribution in [0.4, 0.5) is 11.4 Å². The molecule has 2 aliphatic carbocycles. The van der Waals surface area contributed by atoms with Gasteiger partial charge in [0, 0.05) is 24.6 Å². The number of nitrogens with one attached hydrogen (secondary N) is 1. The lowest BCUT2D eigenvalue weighted by Gasteiger charge is -2.38. The van der Waals surface area contributed by atoms with Crippen LogP contribution in [0.5, 0.6) is 0 Å². The summed E-state index contributed by atoms with van der Waals surface area (Å²) in [6.45, 7) is 0. The fraction of sp³-hybridized carbons (Fsp3) is 0.667. The first kappa shape index (κ1) is 15.2. The highest BCUT2D eigenvalue weighted by molar-refractivity contribution is 9.10. The summed E-state index contributed by atoms with van der Waals surface area (Å²) in [5, 5.41) is 3.81. The molecule has 3 rings (SSSR count). The standard InChI is InChI=1S/C18H27BrN2/c1-21(2)17-6-5-14(19)13-16(17)20-15-7-11-18(12-8-15)9-3-4-10-18/h5-6,13,15,20H,3-4,7-12H2,1-2H3. The topological polar surface area (TPSA) is 15.3 Å². The van der Waals surface area contributed by atoms with Crippen molar-refractivity contribution >= 4 is 27.3 Å². The summed E-state index contributed by atoms with van der Waals surface area (Å²) in [5.74, 6) is 0. The fourth-order valence-electron chi connectivity index (χ4n) is 4.23. The van der Waals surface area contributed by atoms with E-state index in [1.165, 1.54) is 62.7 Å². The molecule has 1 aromatic rings. The number of hydrogen-bond acceptors (Lipinski definition) is 2. The molecule has 0 saturated heterocycles. The molecule has 1 aromatic carbocycles. The molecule has 0 bridgehead atoms. The van der Waals surface area contributed by atoms with Crippen molar-refractivity contribution in [3.05, 3.63) is 22.7 Å². The van der Waals surface area contributed by atoms with Gasteiger partial charge in [-0.25, -0.2) is 0 Å². The lowest BCUT2D eigenvalue weighted by atomic mass is 9.71. The molecule has 1 spiro atoms. The molecule has 1 N–H and O–H groups in total. The van der Waals surface area contributed by atoms with Gasteiger partial charge in [0.15, 0.2) is 0 Å². The Balaban J connectivity index is 1.66. The highest BCUT2D eigenvalue weighted by Crippen LogP contribution is 2.49. The van der Waals surface area contributed by atoms with Crippen molar-refractivity contribution in [1.82, 2.24) is 0 Å². The molecule has 0 amide bonds. The fourth-order valence-corrected chi connectivity index (χ4v) is 4.59. The van der Waals surface area contributed by atoms with Crippen LogP contribution in [0, 0.1) is 5.41 Å². The molecule has 0 unspecified atom stereocenters. The number of benzene rings is 1. The zero-order chi connectivity index (χ0) is 14.9. The van der Waals surface area contributed by atoms with E-state index in [0.717, 1.165) is 9.89 Å². The smallest absolute Gasteiger partial charge is 0.0597 e. The summed E-state index contributed by atoms with van der Waals surface area (Å²) in [6.07, 6.45) is 11.4. The summed E-state index contributed by atoms with van der Waals surface area (Å²) < 4.78 is 1.15. The lowest BCUT2D eigenvalue weighted by molar-refractivity contribution is 0.188. The first-order valence-electron chi connectivity index (χ1n) is 8.31. The molecule has 3 heteroatoms. The average molecular weight is 351 g/mol. The van der Waals surface area contributed by atoms with E-state index in [1.54, 1.807) is 0 Å². The maximum absolute atomic E-state index is 3.81. The molecule has 0 heterocycles. The molecule has 21 heavy (non-hydrogen) atoms. The highest BCUT2D eigenvalue weighted by atomic mass is 79.9. The number of anilines is 2. The molecule has 2 saturated carbocycles. The third-order valence-electron chi connectivity index (χ3n) is 5.51. The molecule has 2 nitrogen and oxygen atoms in total. The molecule has 2 fully saturated rings. The molecule has 0 aliphatic heterocycles. The van der Waals surface area contributed by atoms with Crippen molar-refractivity contribution in [2.24, 2.45) is 5.41 Å². The van der Waals surface area contributed by atoms with Gasteiger partial charge in [0.05, 0.1) is 11.4 Å². The number of rotatable bonds is 3. The van der Waals surface area contributed by atoms with E-state index in [0.29, 0.717) is 6.04 Å². The minimum atomic E-state index is 0.643. The zero-order valence-electron chi connectivity index (χ0n) is 13.3. The van der Waals surface area contributed by atoms with E-state index < -0.39 is 0 Å². The van der Waals surface area contributed by atoms with Gasteiger partial charge in [-0.3, -0.25) is 0 Å². The van der Waals surface area contributed by atoms with Gasteiger partial charge in [-0.15, -0.1) is 0 Å². The van der Waals surface area contributed by atoms with Crippen LogP contribution < -0.4 is 10.2 Å². The maximum atomic E-state index is 3.81. The van der Waals surface area contributed by atoms with Crippen LogP contribution in [0.15, 0.2) is 22.7 Å². The third-order valence-corrected chi connectivity index (χ3v) is 6.00. The summed E-state index contributed by atoms with van der Waals surface area (Å²) in [6, 6.07) is 7.17. The first-order chi connectivity index (χ1) is 10.1. The molecule has 2 aliphatic rings. The molecular weight excluding hydrogens is 324 g/mol. The quantitative estimate of drug-likeness (QED) is 0.781. The lowest BCUT2D eigenvalue weighted by Crippen LogP contribution is -2.32. The van der Waals surface area contributed by atoms with Crippen LogP contribution >= 0.6 is 15.9 Å². The Morgan fingerprint density at radius 2 is 1.76 bits per heavy atom. The van der Waals surface area contributed by atoms with Crippen molar-refractivity contribution in [3.63, 3.8) is 0 Å². The van der Waals surface area contributed by atoms with E-state index in [-0.39, 0.29) is 0 Å². The van der Waals surface area contributed by atoms with Gasteiger partial charge >= 0.3 is 0 Å². The molecular formula is C18H27BrN2. The Bertz CT molecular complexity index is 482. The van der Waals surface area contributed by atoms with Gasteiger partial charge in [-0.1, -0.05) is 28.8 Å². The second-order valence-electron chi connectivity index (χ2n) is 7.18. The molecule has 0 aromatic heterocycles. The Labute approximate surface area is 137 Å². The zero-order valence-corrected chi connectivity index (χ0v) is 14.9. The van der Waals surface area contributed by atoms with Crippen molar-refractivity contribution < 1.29 is 0 Å². The summed E-state index contributed by atoms with van der Waals surface area (Å²) in [4.78, 5) is 2.19. The van der Waals surface area contributed by atoms with Gasteiger partial charge in [0.1, 0.15) is 0 Å². The van der Waals surface area contributed by atoms with E-state index in [4.69, 9.17) is 0 Å². The third kappa shape index (κ3) is 3.39. The van der Waals surface area contributed by atoms with Gasteiger partial charge in [-0.05, 0) is 62.1 Å². The molecule has 116 valence electrons. The van der Waals surface area contributed by atoms with E-state index in [9.17, 15) is 0 Å². The van der Waals surface area contributed by atoms with Crippen LogP contribution in [0.2, 0.25) is 0 Å². The van der Waals surface area contributed by atoms with Crippen LogP contribution in [0.1, 0.15) is 51.4 Å². The van der Waals surface area contributed by atoms with E-state index in [1.807, 2.05) is 0 Å². The number of hydrogen-bond donors (Lipinski definition) is 1. The van der Waals surface area contributed by atoms with E-state index >= 15 is 0 Å². The largest absolute Gasteiger partial charge is 0.381 e. The van der Waals surface area contributed by atoms with Gasteiger partial charge in [0.2, 0.25) is 0 Å². The van der Waals surface area contributed by atoms with Crippen molar-refractivity contribution in [1.29, 1.82) is 0 Å². The van der Waals surface area contributed by atoms with Gasteiger partial charge in [-0.2, -0.15) is 0 Å². The minimum Gasteiger partial charge on any atom is -0.381 e. The van der Waals surface area contributed by atoms with Gasteiger partial charge in [0.25, 0.3) is 0 Å². The van der Waals surface area contributed by atoms with E-state index in [2.05, 4.69) is 58.4 Å². The Morgan fingerprint density at radius 3 is 2.38 bits per heavy atom. The average Bonchev–Trinajstić information content (AvgIpc) is 2.90. The van der Waals surface area contributed by atoms with Crippen LogP contribution in [0.3, 0.4) is 0 Å². The first-order valence-corrected chi connectivity index (χ1v) is 9.11. The van der Waals surface area contributed by atoms with Crippen LogP contribution in [-0.2, 0) is 0 Å². The maximum Gasteiger partial charge on any atom is 0.0597 e. The Kier molecular flexibility index (Phi) is 4.49. The van der Waals surface area contributed by atoms with Crippen LogP contribution in [0.25, 0.3) is 0 Å². The van der Waals surface area contributed by atoms with Crippen molar-refractivity contribution in [2.75, 3.05) is 24.3 Å². The summed E-state index contributed by atoms with van der Waals surface area (Å²) in [7, 11) is 4.23. The second-order valence-corrected chi connectivity index (χ2v) is 8.10. The predicted molar refractivity (Wildman–Crippen MR) is 95.2 cm³/mol. The summed E-state index contributed by atoms with van der Waals surface area (Å²) in [5.41, 5.74) is 3.26. The SMILES string of the molecule is CN(C)c1ccc(Br)cc1NC1CCC2(CCCC2)CC1. The number of nitrogens with zero attached hydrogens (tertiary/aromatic N) is 1. The van der Waals surface area contributed by atoms with Gasteiger partial charge < -0.3 is 10.2 Å². The predicted octanol–water partition coefficient (Wildman–Crippen LogP) is 5.43. The molecule has 0 radical (unpaired) electrons. The Morgan fingerprint density at radius 1 is 1.10 bits per heavy atom. The van der Waals surface area contributed by atoms with Crippen molar-refractivity contribution in [3.8, 4) is 0 Å². The van der Waals surface area contributed by atoms with Crippen molar-refractivity contribution in [2.45, 2.75) is 57.4 Å².